The lowest BCUT2D eigenvalue weighted by atomic mass is 10.1. The third-order valence-electron chi connectivity index (χ3n) is 4.12. The van der Waals surface area contributed by atoms with Crippen LogP contribution in [0.2, 0.25) is 0 Å². The van der Waals surface area contributed by atoms with Gasteiger partial charge in [0.1, 0.15) is 24.2 Å². The Hall–Kier alpha value is -2.34. The van der Waals surface area contributed by atoms with Crippen LogP contribution in [0.5, 0.6) is 5.75 Å². The van der Waals surface area contributed by atoms with Gasteiger partial charge in [-0.15, -0.1) is 5.10 Å². The Bertz CT molecular complexity index is 616. The zero-order valence-electron chi connectivity index (χ0n) is 12.3. The summed E-state index contributed by atoms with van der Waals surface area (Å²) < 4.78 is 6.03. The molecule has 0 bridgehead atoms. The van der Waals surface area contributed by atoms with Crippen molar-refractivity contribution in [3.8, 4) is 5.75 Å². The topological polar surface area (TPSA) is 61.2 Å². The average Bonchev–Trinajstić information content (AvgIpc) is 3.00. The van der Waals surface area contributed by atoms with E-state index in [2.05, 4.69) is 39.2 Å². The second kappa shape index (κ2) is 5.81. The van der Waals surface area contributed by atoms with E-state index in [1.807, 2.05) is 23.4 Å². The first kappa shape index (κ1) is 13.3. The first-order chi connectivity index (χ1) is 10.9. The van der Waals surface area contributed by atoms with Crippen LogP contribution in [0, 0.1) is 0 Å². The summed E-state index contributed by atoms with van der Waals surface area (Å²) in [5.74, 6) is 0.940. The number of nitrogens with zero attached hydrogens (tertiary/aromatic N) is 3. The van der Waals surface area contributed by atoms with Gasteiger partial charge in [0.25, 0.3) is 0 Å². The van der Waals surface area contributed by atoms with Crippen LogP contribution in [-0.4, -0.2) is 42.8 Å². The average molecular weight is 297 g/mol. The first-order valence-corrected chi connectivity index (χ1v) is 7.70. The Morgan fingerprint density at radius 2 is 1.91 bits per heavy atom. The maximum atomic E-state index is 6.03. The molecule has 1 fully saturated rings. The Morgan fingerprint density at radius 3 is 2.68 bits per heavy atom. The van der Waals surface area contributed by atoms with Crippen LogP contribution in [0.4, 0.5) is 0 Å². The fraction of sp³-hybridized carbons (Fsp3) is 0.375. The lowest BCUT2D eigenvalue weighted by Gasteiger charge is -2.24. The van der Waals surface area contributed by atoms with Crippen LogP contribution in [0.15, 0.2) is 40.5 Å². The molecular formula is C16H19N5O. The molecule has 3 heterocycles. The first-order valence-electron chi connectivity index (χ1n) is 7.70. The summed E-state index contributed by atoms with van der Waals surface area (Å²) in [5, 5.41) is 13.1. The number of nitrogens with one attached hydrogen (secondary N) is 2. The molecule has 6 nitrogen and oxygen atoms in total. The highest BCUT2D eigenvalue weighted by molar-refractivity contribution is 5.82. The largest absolute Gasteiger partial charge is 0.490 e. The second-order valence-electron chi connectivity index (χ2n) is 5.68. The number of benzene rings is 1. The molecule has 4 rings (SSSR count). The van der Waals surface area contributed by atoms with Crippen LogP contribution < -0.4 is 15.5 Å². The van der Waals surface area contributed by atoms with Crippen molar-refractivity contribution >= 4 is 18.3 Å². The van der Waals surface area contributed by atoms with Crippen molar-refractivity contribution in [1.29, 1.82) is 0 Å². The minimum Gasteiger partial charge on any atom is -0.490 e. The molecule has 1 aromatic rings. The smallest absolute Gasteiger partial charge is 0.133 e. The maximum absolute atomic E-state index is 6.03. The predicted molar refractivity (Wildman–Crippen MR) is 86.7 cm³/mol. The van der Waals surface area contributed by atoms with E-state index >= 15 is 0 Å². The van der Waals surface area contributed by atoms with E-state index in [1.165, 1.54) is 0 Å². The van der Waals surface area contributed by atoms with Gasteiger partial charge in [0, 0.05) is 0 Å². The van der Waals surface area contributed by atoms with E-state index in [0.717, 1.165) is 42.9 Å². The lowest BCUT2D eigenvalue weighted by molar-refractivity contribution is 0.162. The molecule has 3 aliphatic heterocycles. The van der Waals surface area contributed by atoms with E-state index in [-0.39, 0.29) is 6.04 Å². The molecule has 22 heavy (non-hydrogen) atoms. The molecule has 1 aromatic carbocycles. The van der Waals surface area contributed by atoms with Gasteiger partial charge >= 0.3 is 0 Å². The van der Waals surface area contributed by atoms with Crippen molar-refractivity contribution in [2.24, 2.45) is 10.2 Å². The van der Waals surface area contributed by atoms with Gasteiger partial charge in [-0.25, -0.2) is 0 Å². The summed E-state index contributed by atoms with van der Waals surface area (Å²) in [6, 6.07) is 8.39. The number of ether oxygens (including phenoxy) is 1. The van der Waals surface area contributed by atoms with Gasteiger partial charge < -0.3 is 10.1 Å². The SMILES string of the molecule is C1=NN=CN2NC(c3ccc(OC4CCNCC4)cc3)=CC12. The van der Waals surface area contributed by atoms with Crippen LogP contribution in [-0.2, 0) is 0 Å². The Balaban J connectivity index is 1.43. The number of hydrogen-bond donors (Lipinski definition) is 2. The number of piperidine rings is 1. The quantitative estimate of drug-likeness (QED) is 0.885. The minimum atomic E-state index is 0.137. The van der Waals surface area contributed by atoms with Gasteiger partial charge in [0.05, 0.1) is 11.9 Å². The molecule has 0 spiro atoms. The van der Waals surface area contributed by atoms with E-state index in [1.54, 1.807) is 6.34 Å². The molecule has 6 heteroatoms. The molecule has 2 N–H and O–H groups in total. The normalized spacial score (nSPS) is 23.9. The molecular weight excluding hydrogens is 278 g/mol. The van der Waals surface area contributed by atoms with Gasteiger partial charge in [-0.05, 0) is 61.8 Å². The molecule has 0 aromatic heterocycles. The number of rotatable bonds is 3. The van der Waals surface area contributed by atoms with E-state index in [0.29, 0.717) is 6.10 Å². The maximum Gasteiger partial charge on any atom is 0.133 e. The standard InChI is InChI=1S/C16H19N5O/c1-3-14(22-15-5-7-17-8-6-15)4-2-12(1)16-9-13-10-18-19-11-21(13)20-16/h1-4,9-11,13,15,17,20H,5-8H2. The number of fused-ring (bicyclic) bond motifs is 1. The van der Waals surface area contributed by atoms with Crippen LogP contribution in [0.1, 0.15) is 18.4 Å². The van der Waals surface area contributed by atoms with E-state index in [9.17, 15) is 0 Å². The van der Waals surface area contributed by atoms with Gasteiger partial charge in [-0.2, -0.15) is 5.10 Å². The molecule has 1 saturated heterocycles. The number of hydrazine groups is 1. The molecule has 0 aliphatic carbocycles. The van der Waals surface area contributed by atoms with Crippen molar-refractivity contribution in [3.05, 3.63) is 35.9 Å². The molecule has 0 saturated carbocycles. The van der Waals surface area contributed by atoms with Crippen LogP contribution >= 0.6 is 0 Å². The van der Waals surface area contributed by atoms with Gasteiger partial charge in [0.15, 0.2) is 0 Å². The van der Waals surface area contributed by atoms with Crippen molar-refractivity contribution < 1.29 is 4.74 Å². The summed E-state index contributed by atoms with van der Waals surface area (Å²) in [4.78, 5) is 0. The zero-order valence-corrected chi connectivity index (χ0v) is 12.3. The van der Waals surface area contributed by atoms with Crippen molar-refractivity contribution in [1.82, 2.24) is 15.8 Å². The van der Waals surface area contributed by atoms with Crippen LogP contribution in [0.3, 0.4) is 0 Å². The molecule has 114 valence electrons. The Kier molecular flexibility index (Phi) is 3.52. The van der Waals surface area contributed by atoms with Crippen molar-refractivity contribution in [3.63, 3.8) is 0 Å². The lowest BCUT2D eigenvalue weighted by Crippen LogP contribution is -2.39. The summed E-state index contributed by atoms with van der Waals surface area (Å²) in [5.41, 5.74) is 5.52. The zero-order chi connectivity index (χ0) is 14.8. The number of hydrogen-bond acceptors (Lipinski definition) is 6. The van der Waals surface area contributed by atoms with Crippen molar-refractivity contribution in [2.75, 3.05) is 13.1 Å². The third-order valence-corrected chi connectivity index (χ3v) is 4.12. The summed E-state index contributed by atoms with van der Waals surface area (Å²) in [6.45, 7) is 2.08. The monoisotopic (exact) mass is 297 g/mol. The Morgan fingerprint density at radius 1 is 1.09 bits per heavy atom. The molecule has 3 aliphatic rings. The van der Waals surface area contributed by atoms with Crippen molar-refractivity contribution in [2.45, 2.75) is 25.0 Å². The fourth-order valence-electron chi connectivity index (χ4n) is 2.89. The molecule has 0 amide bonds. The summed E-state index contributed by atoms with van der Waals surface area (Å²) >= 11 is 0. The van der Waals surface area contributed by atoms with Crippen LogP contribution in [0.25, 0.3) is 5.70 Å². The van der Waals surface area contributed by atoms with E-state index in [4.69, 9.17) is 4.74 Å². The highest BCUT2D eigenvalue weighted by atomic mass is 16.5. The molecule has 0 radical (unpaired) electrons. The van der Waals surface area contributed by atoms with Gasteiger partial charge in [-0.3, -0.25) is 10.4 Å². The molecule has 1 unspecified atom stereocenters. The Labute approximate surface area is 129 Å². The minimum absolute atomic E-state index is 0.137. The summed E-state index contributed by atoms with van der Waals surface area (Å²) in [6.07, 6.45) is 8.12. The molecule has 1 atom stereocenters. The second-order valence-corrected chi connectivity index (χ2v) is 5.68. The predicted octanol–water partition coefficient (Wildman–Crippen LogP) is 1.37. The third kappa shape index (κ3) is 2.69. The van der Waals surface area contributed by atoms with Gasteiger partial charge in [0.2, 0.25) is 0 Å². The highest BCUT2D eigenvalue weighted by Crippen LogP contribution is 2.23. The summed E-state index contributed by atoms with van der Waals surface area (Å²) in [7, 11) is 0. The van der Waals surface area contributed by atoms with E-state index < -0.39 is 0 Å². The highest BCUT2D eigenvalue weighted by Gasteiger charge is 2.23. The van der Waals surface area contributed by atoms with Gasteiger partial charge in [-0.1, -0.05) is 0 Å². The fourth-order valence-corrected chi connectivity index (χ4v) is 2.89.